The van der Waals surface area contributed by atoms with Gasteiger partial charge in [0, 0.05) is 0 Å². The van der Waals surface area contributed by atoms with Gasteiger partial charge in [0.25, 0.3) is 17.7 Å². The summed E-state index contributed by atoms with van der Waals surface area (Å²) in [5, 5.41) is 2.29. The monoisotopic (exact) mass is 433 g/mol. The Bertz CT molecular complexity index is 1070. The molecule has 2 aromatic carbocycles. The molecule has 1 heterocycles. The van der Waals surface area contributed by atoms with Gasteiger partial charge in [-0.3, -0.25) is 19.7 Å². The van der Waals surface area contributed by atoms with Crippen LogP contribution in [0.25, 0.3) is 6.08 Å². The highest BCUT2D eigenvalue weighted by molar-refractivity contribution is 7.80. The molecule has 0 aliphatic carbocycles. The molecule has 0 saturated carbocycles. The first kappa shape index (κ1) is 20.4. The fourth-order valence-corrected chi connectivity index (χ4v) is 3.07. The lowest BCUT2D eigenvalue weighted by molar-refractivity contribution is -0.122. The number of thiocarbonyl (C=S) groups is 1. The first-order valence-electron chi connectivity index (χ1n) is 8.14. The van der Waals surface area contributed by atoms with Crippen LogP contribution in [0.2, 0.25) is 5.02 Å². The van der Waals surface area contributed by atoms with Crippen LogP contribution in [0.4, 0.5) is 10.1 Å². The zero-order valence-electron chi connectivity index (χ0n) is 14.6. The number of para-hydroxylation sites is 1. The maximum Gasteiger partial charge on any atom is 0.270 e. The third kappa shape index (κ3) is 4.41. The number of amides is 3. The highest BCUT2D eigenvalue weighted by Crippen LogP contribution is 2.28. The summed E-state index contributed by atoms with van der Waals surface area (Å²) < 4.78 is 19.3. The Hall–Kier alpha value is -3.30. The van der Waals surface area contributed by atoms with Gasteiger partial charge < -0.3 is 10.5 Å². The van der Waals surface area contributed by atoms with E-state index in [-0.39, 0.29) is 33.8 Å². The van der Waals surface area contributed by atoms with Gasteiger partial charge >= 0.3 is 0 Å². The van der Waals surface area contributed by atoms with E-state index in [0.29, 0.717) is 5.56 Å². The molecule has 3 N–H and O–H groups in total. The molecule has 148 valence electrons. The van der Waals surface area contributed by atoms with Crippen LogP contribution in [0.3, 0.4) is 0 Å². The predicted octanol–water partition coefficient (Wildman–Crippen LogP) is 2.17. The molecular formula is C19H13ClFN3O4S. The number of ether oxygens (including phenoxy) is 1. The molecule has 1 saturated heterocycles. The van der Waals surface area contributed by atoms with Crippen LogP contribution in [0.1, 0.15) is 5.56 Å². The lowest BCUT2D eigenvalue weighted by atomic mass is 10.1. The van der Waals surface area contributed by atoms with Crippen LogP contribution in [0.15, 0.2) is 48.0 Å². The number of hydrogen-bond donors (Lipinski definition) is 2. The van der Waals surface area contributed by atoms with E-state index in [1.807, 2.05) is 0 Å². The van der Waals surface area contributed by atoms with Gasteiger partial charge in [0.15, 0.2) is 11.7 Å². The van der Waals surface area contributed by atoms with E-state index in [1.54, 1.807) is 6.07 Å². The molecule has 1 aliphatic heterocycles. The molecule has 29 heavy (non-hydrogen) atoms. The molecule has 1 fully saturated rings. The summed E-state index contributed by atoms with van der Waals surface area (Å²) >= 11 is 11.1. The molecule has 2 aromatic rings. The molecule has 0 radical (unpaired) electrons. The molecule has 10 heteroatoms. The van der Waals surface area contributed by atoms with Gasteiger partial charge in [-0.05, 0) is 48.1 Å². The SMILES string of the molecule is NC(=O)COc1ccc(C=C2C(=O)NC(=S)N(c3ccccc3F)C2=O)cc1Cl. The molecule has 0 unspecified atom stereocenters. The molecule has 1 aliphatic rings. The van der Waals surface area contributed by atoms with Crippen LogP contribution >= 0.6 is 23.8 Å². The summed E-state index contributed by atoms with van der Waals surface area (Å²) in [4.78, 5) is 36.9. The summed E-state index contributed by atoms with van der Waals surface area (Å²) in [6, 6.07) is 9.98. The quantitative estimate of drug-likeness (QED) is 0.427. The summed E-state index contributed by atoms with van der Waals surface area (Å²) in [7, 11) is 0. The minimum atomic E-state index is -0.783. The second-order valence-corrected chi connectivity index (χ2v) is 6.65. The Labute approximate surface area is 174 Å². The second kappa shape index (κ2) is 8.38. The zero-order chi connectivity index (χ0) is 21.1. The number of anilines is 1. The molecular weight excluding hydrogens is 421 g/mol. The van der Waals surface area contributed by atoms with Gasteiger partial charge in [-0.15, -0.1) is 0 Å². The summed E-state index contributed by atoms with van der Waals surface area (Å²) in [5.41, 5.74) is 5.08. The van der Waals surface area contributed by atoms with Crippen molar-refractivity contribution in [1.82, 2.24) is 5.32 Å². The van der Waals surface area contributed by atoms with Crippen LogP contribution in [-0.4, -0.2) is 29.4 Å². The number of carbonyl (C=O) groups is 3. The van der Waals surface area contributed by atoms with Gasteiger partial charge in [-0.2, -0.15) is 0 Å². The Morgan fingerprint density at radius 2 is 2.00 bits per heavy atom. The minimum absolute atomic E-state index is 0.0818. The van der Waals surface area contributed by atoms with Gasteiger partial charge in [-0.25, -0.2) is 9.29 Å². The van der Waals surface area contributed by atoms with Crippen molar-refractivity contribution in [2.45, 2.75) is 0 Å². The van der Waals surface area contributed by atoms with E-state index in [9.17, 15) is 18.8 Å². The van der Waals surface area contributed by atoms with Gasteiger partial charge in [0.1, 0.15) is 17.1 Å². The van der Waals surface area contributed by atoms with Crippen LogP contribution in [0.5, 0.6) is 5.75 Å². The van der Waals surface area contributed by atoms with E-state index in [0.717, 1.165) is 4.90 Å². The number of primary amides is 1. The maximum absolute atomic E-state index is 14.1. The third-order valence-corrected chi connectivity index (χ3v) is 4.41. The topological polar surface area (TPSA) is 102 Å². The van der Waals surface area contributed by atoms with Crippen molar-refractivity contribution in [2.24, 2.45) is 5.73 Å². The van der Waals surface area contributed by atoms with Crippen molar-refractivity contribution in [1.29, 1.82) is 0 Å². The highest BCUT2D eigenvalue weighted by atomic mass is 35.5. The van der Waals surface area contributed by atoms with Crippen LogP contribution in [-0.2, 0) is 14.4 Å². The van der Waals surface area contributed by atoms with Crippen molar-refractivity contribution in [3.8, 4) is 5.75 Å². The fraction of sp³-hybridized carbons (Fsp3) is 0.0526. The van der Waals surface area contributed by atoms with Crippen LogP contribution < -0.4 is 20.7 Å². The smallest absolute Gasteiger partial charge is 0.270 e. The van der Waals surface area contributed by atoms with E-state index in [4.69, 9.17) is 34.3 Å². The molecule has 3 amide bonds. The Kier molecular flexibility index (Phi) is 5.90. The number of hydrogen-bond acceptors (Lipinski definition) is 5. The lowest BCUT2D eigenvalue weighted by Crippen LogP contribution is -2.54. The first-order valence-corrected chi connectivity index (χ1v) is 8.93. The number of nitrogens with one attached hydrogen (secondary N) is 1. The van der Waals surface area contributed by atoms with Gasteiger partial charge in [0.05, 0.1) is 10.7 Å². The average Bonchev–Trinajstić information content (AvgIpc) is 2.65. The second-order valence-electron chi connectivity index (χ2n) is 5.85. The normalized spacial score (nSPS) is 15.4. The van der Waals surface area contributed by atoms with Crippen molar-refractivity contribution < 1.29 is 23.5 Å². The summed E-state index contributed by atoms with van der Waals surface area (Å²) in [6.45, 7) is -0.351. The molecule has 7 nitrogen and oxygen atoms in total. The molecule has 0 bridgehead atoms. The van der Waals surface area contributed by atoms with Crippen molar-refractivity contribution in [3.05, 3.63) is 64.4 Å². The average molecular weight is 434 g/mol. The van der Waals surface area contributed by atoms with E-state index < -0.39 is 23.5 Å². The van der Waals surface area contributed by atoms with Crippen LogP contribution in [0, 0.1) is 5.82 Å². The summed E-state index contributed by atoms with van der Waals surface area (Å²) in [5.74, 6) is -2.63. The largest absolute Gasteiger partial charge is 0.482 e. The Morgan fingerprint density at radius 3 is 2.66 bits per heavy atom. The summed E-state index contributed by atoms with van der Waals surface area (Å²) in [6.07, 6.45) is 1.29. The number of halogens is 2. The van der Waals surface area contributed by atoms with Gasteiger partial charge in [0.2, 0.25) is 0 Å². The molecule has 0 aromatic heterocycles. The van der Waals surface area contributed by atoms with Gasteiger partial charge in [-0.1, -0.05) is 29.8 Å². The lowest BCUT2D eigenvalue weighted by Gasteiger charge is -2.29. The highest BCUT2D eigenvalue weighted by Gasteiger charge is 2.35. The number of nitrogens with zero attached hydrogens (tertiary/aromatic N) is 1. The molecule has 0 spiro atoms. The predicted molar refractivity (Wildman–Crippen MR) is 109 cm³/mol. The fourth-order valence-electron chi connectivity index (χ4n) is 2.55. The first-order chi connectivity index (χ1) is 13.8. The number of carbonyl (C=O) groups excluding carboxylic acids is 3. The zero-order valence-corrected chi connectivity index (χ0v) is 16.2. The maximum atomic E-state index is 14.1. The standard InChI is InChI=1S/C19H13ClFN3O4S/c20-12-8-10(5-6-15(12)28-9-16(22)25)7-11-17(26)23-19(29)24(18(11)27)14-4-2-1-3-13(14)21/h1-8H,9H2,(H2,22,25)(H,23,26,29). The molecule has 3 rings (SSSR count). The van der Waals surface area contributed by atoms with E-state index in [1.165, 1.54) is 42.5 Å². The number of benzene rings is 2. The number of nitrogens with two attached hydrogens (primary N) is 1. The van der Waals surface area contributed by atoms with E-state index in [2.05, 4.69) is 5.32 Å². The van der Waals surface area contributed by atoms with Crippen molar-refractivity contribution in [3.63, 3.8) is 0 Å². The minimum Gasteiger partial charge on any atom is -0.482 e. The van der Waals surface area contributed by atoms with Crippen molar-refractivity contribution in [2.75, 3.05) is 11.5 Å². The Morgan fingerprint density at radius 1 is 1.28 bits per heavy atom. The van der Waals surface area contributed by atoms with Crippen molar-refractivity contribution >= 4 is 58.4 Å². The molecule has 0 atom stereocenters. The third-order valence-electron chi connectivity index (χ3n) is 3.83. The Balaban J connectivity index is 1.94. The number of rotatable bonds is 5. The van der Waals surface area contributed by atoms with E-state index >= 15 is 0 Å².